The number of hydrogen-bond acceptors (Lipinski definition) is 4. The lowest BCUT2D eigenvalue weighted by Gasteiger charge is -2.21. The first-order valence-electron chi connectivity index (χ1n) is 2.94. The molecule has 0 aliphatic rings. The quantitative estimate of drug-likeness (QED) is 0.483. The van der Waals surface area contributed by atoms with Crippen LogP contribution in [0.2, 0.25) is 0 Å². The van der Waals surface area contributed by atoms with Gasteiger partial charge < -0.3 is 15.3 Å². The van der Waals surface area contributed by atoms with Crippen molar-refractivity contribution in [1.29, 1.82) is 0 Å². The van der Waals surface area contributed by atoms with Crippen molar-refractivity contribution in [3.05, 3.63) is 0 Å². The number of Topliss-reactive ketones (excluding diaryl/α,β-unsaturated/α-hetero) is 1. The van der Waals surface area contributed by atoms with Gasteiger partial charge in [0.1, 0.15) is 0 Å². The molecule has 0 fully saturated rings. The van der Waals surface area contributed by atoms with Crippen molar-refractivity contribution in [2.24, 2.45) is 0 Å². The minimum absolute atomic E-state index is 0.780. The maximum atomic E-state index is 10.4. The number of hydrogen-bond donors (Lipinski definition) is 3. The summed E-state index contributed by atoms with van der Waals surface area (Å²) in [5, 5.41) is 26.1. The first kappa shape index (κ1) is 10.1. The summed E-state index contributed by atoms with van der Waals surface area (Å²) in [5.74, 6) is -2.40. The Kier molecular flexibility index (Phi) is 2.72. The molecule has 11 heavy (non-hydrogen) atoms. The summed E-state index contributed by atoms with van der Waals surface area (Å²) in [5.41, 5.74) is -2.40. The molecule has 5 heteroatoms. The lowest BCUT2D eigenvalue weighted by atomic mass is 9.97. The Morgan fingerprint density at radius 1 is 1.45 bits per heavy atom. The fourth-order valence-electron chi connectivity index (χ4n) is 0.513. The van der Waals surface area contributed by atoms with Gasteiger partial charge in [0, 0.05) is 0 Å². The van der Waals surface area contributed by atoms with Gasteiger partial charge in [0.2, 0.25) is 0 Å². The SMILES string of the molecule is CC(=O)C(O)C(C)(O)C(=O)O. The van der Waals surface area contributed by atoms with Crippen molar-refractivity contribution in [2.75, 3.05) is 0 Å². The number of aliphatic hydroxyl groups excluding tert-OH is 1. The summed E-state index contributed by atoms with van der Waals surface area (Å²) in [7, 11) is 0. The van der Waals surface area contributed by atoms with E-state index < -0.39 is 23.5 Å². The van der Waals surface area contributed by atoms with Crippen LogP contribution in [0.1, 0.15) is 13.8 Å². The molecule has 3 N–H and O–H groups in total. The van der Waals surface area contributed by atoms with E-state index in [1.807, 2.05) is 0 Å². The van der Waals surface area contributed by atoms with E-state index in [1.54, 1.807) is 0 Å². The Bertz CT molecular complexity index is 183. The van der Waals surface area contributed by atoms with Crippen LogP contribution < -0.4 is 0 Å². The fraction of sp³-hybridized carbons (Fsp3) is 0.667. The second-order valence-corrected chi connectivity index (χ2v) is 2.47. The largest absolute Gasteiger partial charge is 0.479 e. The maximum absolute atomic E-state index is 10.4. The van der Waals surface area contributed by atoms with Crippen LogP contribution in [0.5, 0.6) is 0 Å². The molecule has 0 saturated heterocycles. The van der Waals surface area contributed by atoms with Crippen LogP contribution in [-0.4, -0.2) is 38.8 Å². The second kappa shape index (κ2) is 2.98. The lowest BCUT2D eigenvalue weighted by Crippen LogP contribution is -2.50. The molecule has 0 radical (unpaired) electrons. The van der Waals surface area contributed by atoms with E-state index in [4.69, 9.17) is 15.3 Å². The number of carboxylic acids is 1. The number of ketones is 1. The Morgan fingerprint density at radius 3 is 1.91 bits per heavy atom. The Balaban J connectivity index is 4.55. The molecule has 64 valence electrons. The van der Waals surface area contributed by atoms with E-state index in [0.29, 0.717) is 0 Å². The molecule has 0 spiro atoms. The third kappa shape index (κ3) is 1.99. The van der Waals surface area contributed by atoms with Crippen LogP contribution in [0.25, 0.3) is 0 Å². The van der Waals surface area contributed by atoms with Gasteiger partial charge in [0.15, 0.2) is 17.5 Å². The normalized spacial score (nSPS) is 18.5. The molecule has 0 heterocycles. The monoisotopic (exact) mass is 162 g/mol. The summed E-state index contributed by atoms with van der Waals surface area (Å²) in [6.07, 6.45) is -1.88. The predicted octanol–water partition coefficient (Wildman–Crippen LogP) is -1.23. The Morgan fingerprint density at radius 2 is 1.82 bits per heavy atom. The van der Waals surface area contributed by atoms with Gasteiger partial charge in [-0.2, -0.15) is 0 Å². The summed E-state index contributed by atoms with van der Waals surface area (Å²) < 4.78 is 0. The number of carbonyl (C=O) groups is 2. The second-order valence-electron chi connectivity index (χ2n) is 2.47. The molecule has 0 amide bonds. The summed E-state index contributed by atoms with van der Waals surface area (Å²) in [4.78, 5) is 20.6. The van der Waals surface area contributed by atoms with E-state index in [-0.39, 0.29) is 0 Å². The first-order chi connectivity index (χ1) is 4.80. The van der Waals surface area contributed by atoms with Gasteiger partial charge in [-0.3, -0.25) is 4.79 Å². The Hall–Kier alpha value is -0.940. The fourth-order valence-corrected chi connectivity index (χ4v) is 0.513. The van der Waals surface area contributed by atoms with Gasteiger partial charge in [0.25, 0.3) is 0 Å². The highest BCUT2D eigenvalue weighted by Gasteiger charge is 2.41. The van der Waals surface area contributed by atoms with Crippen LogP contribution in [-0.2, 0) is 9.59 Å². The third-order valence-corrected chi connectivity index (χ3v) is 1.35. The van der Waals surface area contributed by atoms with Crippen molar-refractivity contribution >= 4 is 11.8 Å². The van der Waals surface area contributed by atoms with Crippen LogP contribution in [0.15, 0.2) is 0 Å². The molecular formula is C6H10O5. The zero-order valence-corrected chi connectivity index (χ0v) is 6.24. The first-order valence-corrected chi connectivity index (χ1v) is 2.94. The predicted molar refractivity (Wildman–Crippen MR) is 34.9 cm³/mol. The lowest BCUT2D eigenvalue weighted by molar-refractivity contribution is -0.172. The average Bonchev–Trinajstić information content (AvgIpc) is 1.85. The molecule has 0 aromatic carbocycles. The topological polar surface area (TPSA) is 94.8 Å². The number of aliphatic hydroxyl groups is 2. The molecule has 0 aromatic heterocycles. The van der Waals surface area contributed by atoms with Gasteiger partial charge in [0.05, 0.1) is 0 Å². The minimum Gasteiger partial charge on any atom is -0.479 e. The van der Waals surface area contributed by atoms with Gasteiger partial charge in [-0.05, 0) is 13.8 Å². The van der Waals surface area contributed by atoms with E-state index in [0.717, 1.165) is 13.8 Å². The standard InChI is InChI=1S/C6H10O5/c1-3(7)4(8)6(2,11)5(9)10/h4,8,11H,1-2H3,(H,9,10). The Labute approximate surface area is 63.3 Å². The summed E-state index contributed by atoms with van der Waals surface area (Å²) in [6, 6.07) is 0. The van der Waals surface area contributed by atoms with E-state index in [2.05, 4.69) is 0 Å². The number of carboxylic acid groups (broad SMARTS) is 1. The van der Waals surface area contributed by atoms with E-state index >= 15 is 0 Å². The molecule has 0 aliphatic carbocycles. The number of aliphatic carboxylic acids is 1. The zero-order valence-electron chi connectivity index (χ0n) is 6.24. The van der Waals surface area contributed by atoms with Gasteiger partial charge >= 0.3 is 5.97 Å². The maximum Gasteiger partial charge on any atom is 0.338 e. The summed E-state index contributed by atoms with van der Waals surface area (Å²) in [6.45, 7) is 1.86. The molecule has 5 nitrogen and oxygen atoms in total. The zero-order chi connectivity index (χ0) is 9.23. The molecule has 0 rings (SSSR count). The van der Waals surface area contributed by atoms with Gasteiger partial charge in [-0.15, -0.1) is 0 Å². The van der Waals surface area contributed by atoms with Crippen molar-refractivity contribution in [3.8, 4) is 0 Å². The summed E-state index contributed by atoms with van der Waals surface area (Å²) >= 11 is 0. The molecule has 0 aliphatic heterocycles. The van der Waals surface area contributed by atoms with Crippen molar-refractivity contribution in [1.82, 2.24) is 0 Å². The molecule has 2 unspecified atom stereocenters. The third-order valence-electron chi connectivity index (χ3n) is 1.35. The molecule has 0 bridgehead atoms. The van der Waals surface area contributed by atoms with Crippen molar-refractivity contribution < 1.29 is 24.9 Å². The van der Waals surface area contributed by atoms with Crippen molar-refractivity contribution in [2.45, 2.75) is 25.6 Å². The van der Waals surface area contributed by atoms with Crippen LogP contribution in [0, 0.1) is 0 Å². The van der Waals surface area contributed by atoms with E-state index in [9.17, 15) is 9.59 Å². The highest BCUT2D eigenvalue weighted by molar-refractivity contribution is 5.90. The molecule has 0 aromatic rings. The van der Waals surface area contributed by atoms with Gasteiger partial charge in [-0.1, -0.05) is 0 Å². The van der Waals surface area contributed by atoms with Crippen LogP contribution >= 0.6 is 0 Å². The van der Waals surface area contributed by atoms with Crippen molar-refractivity contribution in [3.63, 3.8) is 0 Å². The van der Waals surface area contributed by atoms with Gasteiger partial charge in [-0.25, -0.2) is 4.79 Å². The number of rotatable bonds is 3. The number of carbonyl (C=O) groups excluding carboxylic acids is 1. The highest BCUT2D eigenvalue weighted by atomic mass is 16.4. The van der Waals surface area contributed by atoms with E-state index in [1.165, 1.54) is 0 Å². The van der Waals surface area contributed by atoms with Crippen LogP contribution in [0.4, 0.5) is 0 Å². The van der Waals surface area contributed by atoms with Crippen LogP contribution in [0.3, 0.4) is 0 Å². The highest BCUT2D eigenvalue weighted by Crippen LogP contribution is 2.10. The minimum atomic E-state index is -2.40. The molecular weight excluding hydrogens is 152 g/mol. The molecule has 2 atom stereocenters. The average molecular weight is 162 g/mol. The molecule has 0 saturated carbocycles. The smallest absolute Gasteiger partial charge is 0.338 e.